The number of likely N-dealkylation sites (tertiary alicyclic amines) is 1. The average molecular weight is 205 g/mol. The first-order chi connectivity index (χ1) is 6.63. The van der Waals surface area contributed by atoms with Crippen molar-refractivity contribution in [1.82, 2.24) is 4.90 Å². The van der Waals surface area contributed by atoms with Crippen LogP contribution in [0.25, 0.3) is 0 Å². The smallest absolute Gasteiger partial charge is 0.251 e. The van der Waals surface area contributed by atoms with Gasteiger partial charge in [-0.25, -0.2) is 8.78 Å². The molecule has 84 valence electrons. The van der Waals surface area contributed by atoms with Crippen molar-refractivity contribution in [2.75, 3.05) is 19.6 Å². The Morgan fingerprint density at radius 3 is 2.29 bits per heavy atom. The number of alkyl halides is 2. The molecule has 0 aromatic heterocycles. The van der Waals surface area contributed by atoms with Crippen LogP contribution in [0, 0.1) is 11.8 Å². The maximum absolute atomic E-state index is 12.1. The quantitative estimate of drug-likeness (QED) is 0.682. The lowest BCUT2D eigenvalue weighted by molar-refractivity contribution is 0.0618. The van der Waals surface area contributed by atoms with Crippen LogP contribution >= 0.6 is 0 Å². The first kappa shape index (κ1) is 11.9. The standard InChI is InChI=1S/C11H21F2N/c1-3-9(2)10-4-6-14(7-5-10)8-11(12)13/h9-11H,3-8H2,1-2H3. The van der Waals surface area contributed by atoms with E-state index in [2.05, 4.69) is 13.8 Å². The van der Waals surface area contributed by atoms with Crippen molar-refractivity contribution >= 4 is 0 Å². The lowest BCUT2D eigenvalue weighted by atomic mass is 9.84. The highest BCUT2D eigenvalue weighted by Gasteiger charge is 2.23. The predicted octanol–water partition coefficient (Wildman–Crippen LogP) is 3.01. The predicted molar refractivity (Wildman–Crippen MR) is 54.6 cm³/mol. The van der Waals surface area contributed by atoms with Crippen LogP contribution in [0.3, 0.4) is 0 Å². The van der Waals surface area contributed by atoms with Crippen molar-refractivity contribution in [3.05, 3.63) is 0 Å². The molecule has 1 atom stereocenters. The van der Waals surface area contributed by atoms with Gasteiger partial charge in [0.15, 0.2) is 0 Å². The second-order valence-electron chi connectivity index (χ2n) is 4.41. The zero-order chi connectivity index (χ0) is 10.6. The molecule has 1 heterocycles. The fourth-order valence-electron chi connectivity index (χ4n) is 2.23. The largest absolute Gasteiger partial charge is 0.298 e. The molecule has 1 rings (SSSR count). The Kier molecular flexibility index (Phi) is 4.79. The molecule has 0 aliphatic carbocycles. The number of rotatable bonds is 4. The Labute approximate surface area is 85.5 Å². The molecular weight excluding hydrogens is 184 g/mol. The molecular formula is C11H21F2N. The molecule has 0 amide bonds. The number of piperidine rings is 1. The highest BCUT2D eigenvalue weighted by molar-refractivity contribution is 4.75. The van der Waals surface area contributed by atoms with Gasteiger partial charge in [0.25, 0.3) is 6.43 Å². The van der Waals surface area contributed by atoms with Crippen LogP contribution in [0.5, 0.6) is 0 Å². The average Bonchev–Trinajstić information content (AvgIpc) is 2.17. The maximum Gasteiger partial charge on any atom is 0.251 e. The molecule has 1 saturated heterocycles. The lowest BCUT2D eigenvalue weighted by Crippen LogP contribution is -2.38. The summed E-state index contributed by atoms with van der Waals surface area (Å²) in [6, 6.07) is 0. The normalized spacial score (nSPS) is 22.9. The summed E-state index contributed by atoms with van der Waals surface area (Å²) in [6.07, 6.45) is 1.23. The molecule has 1 fully saturated rings. The van der Waals surface area contributed by atoms with Gasteiger partial charge in [-0.05, 0) is 37.8 Å². The van der Waals surface area contributed by atoms with Gasteiger partial charge in [-0.1, -0.05) is 20.3 Å². The van der Waals surface area contributed by atoms with Crippen molar-refractivity contribution in [1.29, 1.82) is 0 Å². The zero-order valence-electron chi connectivity index (χ0n) is 9.18. The van der Waals surface area contributed by atoms with E-state index in [1.54, 1.807) is 0 Å². The van der Waals surface area contributed by atoms with Crippen LogP contribution < -0.4 is 0 Å². The molecule has 0 bridgehead atoms. The molecule has 0 N–H and O–H groups in total. The van der Waals surface area contributed by atoms with E-state index in [0.717, 1.165) is 37.8 Å². The van der Waals surface area contributed by atoms with Crippen LogP contribution in [0.15, 0.2) is 0 Å². The van der Waals surface area contributed by atoms with Gasteiger partial charge in [0, 0.05) is 0 Å². The highest BCUT2D eigenvalue weighted by atomic mass is 19.3. The zero-order valence-corrected chi connectivity index (χ0v) is 9.18. The van der Waals surface area contributed by atoms with E-state index in [4.69, 9.17) is 0 Å². The van der Waals surface area contributed by atoms with Crippen molar-refractivity contribution in [3.63, 3.8) is 0 Å². The molecule has 1 unspecified atom stereocenters. The number of nitrogens with zero attached hydrogens (tertiary/aromatic N) is 1. The van der Waals surface area contributed by atoms with Crippen molar-refractivity contribution in [2.24, 2.45) is 11.8 Å². The second-order valence-corrected chi connectivity index (χ2v) is 4.41. The first-order valence-electron chi connectivity index (χ1n) is 5.64. The minimum Gasteiger partial charge on any atom is -0.298 e. The van der Waals surface area contributed by atoms with Gasteiger partial charge in [-0.15, -0.1) is 0 Å². The lowest BCUT2D eigenvalue weighted by Gasteiger charge is -2.34. The van der Waals surface area contributed by atoms with E-state index in [-0.39, 0.29) is 6.54 Å². The summed E-state index contributed by atoms with van der Waals surface area (Å²) in [6.45, 7) is 6.16. The molecule has 0 spiro atoms. The minimum atomic E-state index is -2.17. The monoisotopic (exact) mass is 205 g/mol. The number of hydrogen-bond donors (Lipinski definition) is 0. The van der Waals surface area contributed by atoms with Gasteiger partial charge in [0.05, 0.1) is 6.54 Å². The minimum absolute atomic E-state index is 0.0345. The van der Waals surface area contributed by atoms with Crippen LogP contribution in [0.1, 0.15) is 33.1 Å². The summed E-state index contributed by atoms with van der Waals surface area (Å²) in [5, 5.41) is 0. The summed E-state index contributed by atoms with van der Waals surface area (Å²) < 4.78 is 24.2. The maximum atomic E-state index is 12.1. The van der Waals surface area contributed by atoms with E-state index in [1.165, 1.54) is 6.42 Å². The Bertz CT molecular complexity index is 153. The van der Waals surface area contributed by atoms with Gasteiger partial charge in [-0.2, -0.15) is 0 Å². The molecule has 0 saturated carbocycles. The van der Waals surface area contributed by atoms with Crippen LogP contribution in [-0.2, 0) is 0 Å². The van der Waals surface area contributed by atoms with Crippen LogP contribution in [-0.4, -0.2) is 31.0 Å². The third kappa shape index (κ3) is 3.52. The SMILES string of the molecule is CCC(C)C1CCN(CC(F)F)CC1. The van der Waals surface area contributed by atoms with Crippen molar-refractivity contribution < 1.29 is 8.78 Å². The van der Waals surface area contributed by atoms with Gasteiger partial charge in [-0.3, -0.25) is 4.90 Å². The number of hydrogen-bond acceptors (Lipinski definition) is 1. The fourth-order valence-corrected chi connectivity index (χ4v) is 2.23. The molecule has 14 heavy (non-hydrogen) atoms. The summed E-state index contributed by atoms with van der Waals surface area (Å²) in [4.78, 5) is 1.89. The Morgan fingerprint density at radius 2 is 1.86 bits per heavy atom. The van der Waals surface area contributed by atoms with E-state index in [0.29, 0.717) is 0 Å². The summed E-state index contributed by atoms with van der Waals surface area (Å²) >= 11 is 0. The Balaban J connectivity index is 2.24. The van der Waals surface area contributed by atoms with Crippen molar-refractivity contribution in [3.8, 4) is 0 Å². The van der Waals surface area contributed by atoms with Gasteiger partial charge in [0.2, 0.25) is 0 Å². The van der Waals surface area contributed by atoms with Gasteiger partial charge in [0.1, 0.15) is 0 Å². The molecule has 3 heteroatoms. The third-order valence-corrected chi connectivity index (χ3v) is 3.48. The molecule has 0 aromatic rings. The molecule has 0 radical (unpaired) electrons. The van der Waals surface area contributed by atoms with Crippen molar-refractivity contribution in [2.45, 2.75) is 39.5 Å². The summed E-state index contributed by atoms with van der Waals surface area (Å²) in [7, 11) is 0. The fraction of sp³-hybridized carbons (Fsp3) is 1.00. The molecule has 0 aromatic carbocycles. The van der Waals surface area contributed by atoms with E-state index in [9.17, 15) is 8.78 Å². The Hall–Kier alpha value is -0.180. The second kappa shape index (κ2) is 5.64. The van der Waals surface area contributed by atoms with Gasteiger partial charge < -0.3 is 0 Å². The topological polar surface area (TPSA) is 3.24 Å². The summed E-state index contributed by atoms with van der Waals surface area (Å²) in [5.74, 6) is 1.51. The van der Waals surface area contributed by atoms with Gasteiger partial charge >= 0.3 is 0 Å². The van der Waals surface area contributed by atoms with E-state index >= 15 is 0 Å². The molecule has 1 nitrogen and oxygen atoms in total. The number of halogens is 2. The molecule has 1 aliphatic rings. The highest BCUT2D eigenvalue weighted by Crippen LogP contribution is 2.26. The first-order valence-corrected chi connectivity index (χ1v) is 5.64. The van der Waals surface area contributed by atoms with Crippen LogP contribution in [0.4, 0.5) is 8.78 Å². The summed E-state index contributed by atoms with van der Waals surface area (Å²) in [5.41, 5.74) is 0. The third-order valence-electron chi connectivity index (χ3n) is 3.48. The van der Waals surface area contributed by atoms with E-state index < -0.39 is 6.43 Å². The van der Waals surface area contributed by atoms with E-state index in [1.807, 2.05) is 4.90 Å². The Morgan fingerprint density at radius 1 is 1.29 bits per heavy atom. The van der Waals surface area contributed by atoms with Crippen LogP contribution in [0.2, 0.25) is 0 Å². The molecule has 1 aliphatic heterocycles.